The summed E-state index contributed by atoms with van der Waals surface area (Å²) in [6.45, 7) is 4.24. The zero-order valence-electron chi connectivity index (χ0n) is 9.52. The van der Waals surface area contributed by atoms with E-state index in [1.807, 2.05) is 0 Å². The Hall–Kier alpha value is -1.08. The van der Waals surface area contributed by atoms with E-state index in [-0.39, 0.29) is 17.8 Å². The highest BCUT2D eigenvalue weighted by Gasteiger charge is 2.17. The van der Waals surface area contributed by atoms with Gasteiger partial charge in [-0.2, -0.15) is 0 Å². The number of aromatic nitrogens is 3. The standard InChI is InChI=1S/C9H15N3O3S/c1-6(8(13)15-5-4-14-3)16-9-10-7(2)11-12-9/h6H,4-5H2,1-3H3,(H,10,11,12). The summed E-state index contributed by atoms with van der Waals surface area (Å²) < 4.78 is 9.75. The largest absolute Gasteiger partial charge is 0.462 e. The number of esters is 1. The van der Waals surface area contributed by atoms with Crippen molar-refractivity contribution >= 4 is 17.7 Å². The summed E-state index contributed by atoms with van der Waals surface area (Å²) in [6, 6.07) is 0. The van der Waals surface area contributed by atoms with Crippen molar-refractivity contribution in [1.82, 2.24) is 15.2 Å². The molecule has 7 heteroatoms. The van der Waals surface area contributed by atoms with Gasteiger partial charge in [-0.15, -0.1) is 5.10 Å². The van der Waals surface area contributed by atoms with Crippen LogP contribution in [0.3, 0.4) is 0 Å². The Morgan fingerprint density at radius 2 is 2.31 bits per heavy atom. The molecule has 1 N–H and O–H groups in total. The van der Waals surface area contributed by atoms with Gasteiger partial charge in [-0.3, -0.25) is 9.89 Å². The molecule has 6 nitrogen and oxygen atoms in total. The van der Waals surface area contributed by atoms with Gasteiger partial charge in [-0.25, -0.2) is 4.98 Å². The fourth-order valence-electron chi connectivity index (χ4n) is 0.924. The molecule has 0 aliphatic rings. The molecule has 0 saturated heterocycles. The maximum Gasteiger partial charge on any atom is 0.319 e. The molecule has 0 fully saturated rings. The van der Waals surface area contributed by atoms with Crippen LogP contribution in [-0.2, 0) is 14.3 Å². The van der Waals surface area contributed by atoms with Gasteiger partial charge < -0.3 is 9.47 Å². The van der Waals surface area contributed by atoms with Crippen LogP contribution in [0, 0.1) is 6.92 Å². The third kappa shape index (κ3) is 4.19. The second-order valence-electron chi connectivity index (χ2n) is 3.12. The lowest BCUT2D eigenvalue weighted by Gasteiger charge is -2.08. The second kappa shape index (κ2) is 6.49. The van der Waals surface area contributed by atoms with E-state index in [4.69, 9.17) is 9.47 Å². The van der Waals surface area contributed by atoms with Crippen molar-refractivity contribution in [2.45, 2.75) is 24.3 Å². The first-order valence-corrected chi connectivity index (χ1v) is 5.72. The highest BCUT2D eigenvalue weighted by molar-refractivity contribution is 8.00. The minimum atomic E-state index is -0.327. The van der Waals surface area contributed by atoms with Crippen LogP contribution in [0.15, 0.2) is 5.16 Å². The van der Waals surface area contributed by atoms with Crippen molar-refractivity contribution in [3.8, 4) is 0 Å². The second-order valence-corrected chi connectivity index (χ2v) is 4.43. The monoisotopic (exact) mass is 245 g/mol. The van der Waals surface area contributed by atoms with E-state index in [0.717, 1.165) is 5.82 Å². The van der Waals surface area contributed by atoms with Gasteiger partial charge in [0.15, 0.2) is 0 Å². The van der Waals surface area contributed by atoms with Crippen LogP contribution in [0.1, 0.15) is 12.7 Å². The van der Waals surface area contributed by atoms with E-state index < -0.39 is 0 Å². The Bertz CT molecular complexity index is 342. The van der Waals surface area contributed by atoms with Gasteiger partial charge in [-0.05, 0) is 13.8 Å². The molecular weight excluding hydrogens is 230 g/mol. The van der Waals surface area contributed by atoms with E-state index in [0.29, 0.717) is 11.8 Å². The SMILES string of the molecule is COCCOC(=O)C(C)Sc1n[nH]c(C)n1. The zero-order chi connectivity index (χ0) is 12.0. The molecular formula is C9H15N3O3S. The molecule has 1 atom stereocenters. The summed E-state index contributed by atoms with van der Waals surface area (Å²) in [7, 11) is 1.56. The van der Waals surface area contributed by atoms with Crippen molar-refractivity contribution in [2.75, 3.05) is 20.3 Å². The van der Waals surface area contributed by atoms with E-state index in [9.17, 15) is 4.79 Å². The molecule has 0 amide bonds. The van der Waals surface area contributed by atoms with E-state index >= 15 is 0 Å². The number of aryl methyl sites for hydroxylation is 1. The highest BCUT2D eigenvalue weighted by Crippen LogP contribution is 2.19. The first-order chi connectivity index (χ1) is 7.63. The Kier molecular flexibility index (Phi) is 5.27. The maximum atomic E-state index is 11.5. The highest BCUT2D eigenvalue weighted by atomic mass is 32.2. The minimum absolute atomic E-state index is 0.271. The van der Waals surface area contributed by atoms with E-state index in [1.54, 1.807) is 21.0 Å². The summed E-state index contributed by atoms with van der Waals surface area (Å²) >= 11 is 1.26. The third-order valence-corrected chi connectivity index (χ3v) is 2.66. The number of ether oxygens (including phenoxy) is 2. The molecule has 0 radical (unpaired) electrons. The molecule has 1 aromatic heterocycles. The zero-order valence-corrected chi connectivity index (χ0v) is 10.3. The number of carbonyl (C=O) groups is 1. The van der Waals surface area contributed by atoms with Gasteiger partial charge in [0.05, 0.1) is 6.61 Å². The lowest BCUT2D eigenvalue weighted by atomic mass is 10.5. The van der Waals surface area contributed by atoms with E-state index in [2.05, 4.69) is 15.2 Å². The van der Waals surface area contributed by atoms with Gasteiger partial charge in [0.2, 0.25) is 5.16 Å². The normalized spacial score (nSPS) is 12.4. The number of H-pyrrole nitrogens is 1. The van der Waals surface area contributed by atoms with Gasteiger partial charge >= 0.3 is 5.97 Å². The van der Waals surface area contributed by atoms with Crippen LogP contribution in [0.4, 0.5) is 0 Å². The molecule has 1 rings (SSSR count). The van der Waals surface area contributed by atoms with Crippen molar-refractivity contribution < 1.29 is 14.3 Å². The summed E-state index contributed by atoms with van der Waals surface area (Å²) in [4.78, 5) is 15.6. The lowest BCUT2D eigenvalue weighted by molar-refractivity contribution is -0.143. The summed E-state index contributed by atoms with van der Waals surface area (Å²) in [5.41, 5.74) is 0. The molecule has 0 aromatic carbocycles. The number of thioether (sulfide) groups is 1. The number of nitrogens with one attached hydrogen (secondary N) is 1. The van der Waals surface area contributed by atoms with Gasteiger partial charge in [0, 0.05) is 7.11 Å². The molecule has 0 saturated carbocycles. The molecule has 0 bridgehead atoms. The topological polar surface area (TPSA) is 77.1 Å². The predicted octanol–water partition coefficient (Wildman–Crippen LogP) is 0.783. The lowest BCUT2D eigenvalue weighted by Crippen LogP contribution is -2.19. The quantitative estimate of drug-likeness (QED) is 0.453. The van der Waals surface area contributed by atoms with Crippen molar-refractivity contribution in [3.05, 3.63) is 5.82 Å². The first-order valence-electron chi connectivity index (χ1n) is 4.84. The molecule has 1 aromatic rings. The average molecular weight is 245 g/mol. The van der Waals surface area contributed by atoms with Crippen LogP contribution in [-0.4, -0.2) is 46.7 Å². The Morgan fingerprint density at radius 1 is 1.56 bits per heavy atom. The van der Waals surface area contributed by atoms with Crippen LogP contribution in [0.25, 0.3) is 0 Å². The van der Waals surface area contributed by atoms with Crippen LogP contribution >= 0.6 is 11.8 Å². The van der Waals surface area contributed by atoms with Crippen molar-refractivity contribution in [1.29, 1.82) is 0 Å². The molecule has 0 spiro atoms. The van der Waals surface area contributed by atoms with Gasteiger partial charge in [0.1, 0.15) is 17.7 Å². The molecule has 0 aliphatic carbocycles. The molecule has 1 unspecified atom stereocenters. The number of hydrogen-bond acceptors (Lipinski definition) is 6. The van der Waals surface area contributed by atoms with Gasteiger partial charge in [0.25, 0.3) is 0 Å². The fourth-order valence-corrected chi connectivity index (χ4v) is 1.69. The Labute approximate surface area is 98.1 Å². The van der Waals surface area contributed by atoms with Crippen LogP contribution < -0.4 is 0 Å². The number of nitrogens with zero attached hydrogens (tertiary/aromatic N) is 2. The molecule has 16 heavy (non-hydrogen) atoms. The van der Waals surface area contributed by atoms with Crippen LogP contribution in [0.5, 0.6) is 0 Å². The maximum absolute atomic E-state index is 11.5. The summed E-state index contributed by atoms with van der Waals surface area (Å²) in [5, 5.41) is 6.86. The number of hydrogen-bond donors (Lipinski definition) is 1. The first kappa shape index (κ1) is 13.0. The predicted molar refractivity (Wildman–Crippen MR) is 59.3 cm³/mol. The fraction of sp³-hybridized carbons (Fsp3) is 0.667. The molecule has 90 valence electrons. The Morgan fingerprint density at radius 3 is 2.88 bits per heavy atom. The number of carbonyl (C=O) groups excluding carboxylic acids is 1. The van der Waals surface area contributed by atoms with Gasteiger partial charge in [-0.1, -0.05) is 11.8 Å². The molecule has 0 aliphatic heterocycles. The number of rotatable bonds is 6. The smallest absolute Gasteiger partial charge is 0.319 e. The number of methoxy groups -OCH3 is 1. The van der Waals surface area contributed by atoms with Crippen LogP contribution in [0.2, 0.25) is 0 Å². The Balaban J connectivity index is 2.34. The van der Waals surface area contributed by atoms with Crippen molar-refractivity contribution in [3.63, 3.8) is 0 Å². The number of aromatic amines is 1. The minimum Gasteiger partial charge on any atom is -0.462 e. The van der Waals surface area contributed by atoms with E-state index in [1.165, 1.54) is 11.8 Å². The average Bonchev–Trinajstić information content (AvgIpc) is 2.64. The van der Waals surface area contributed by atoms with Crippen molar-refractivity contribution in [2.24, 2.45) is 0 Å². The summed E-state index contributed by atoms with van der Waals surface area (Å²) in [6.07, 6.45) is 0. The summed E-state index contributed by atoms with van der Waals surface area (Å²) in [5.74, 6) is 0.437. The third-order valence-electron chi connectivity index (χ3n) is 1.72. The molecule has 1 heterocycles.